The van der Waals surface area contributed by atoms with Gasteiger partial charge in [-0.05, 0) is 42.5 Å². The molecule has 5 heteroatoms. The molecule has 1 aliphatic rings. The van der Waals surface area contributed by atoms with Crippen molar-refractivity contribution in [2.24, 2.45) is 0 Å². The lowest BCUT2D eigenvalue weighted by molar-refractivity contribution is 0.132. The normalized spacial score (nSPS) is 16.7. The number of piperidine rings is 1. The average Bonchev–Trinajstić information content (AvgIpc) is 2.39. The highest BCUT2D eigenvalue weighted by Crippen LogP contribution is 2.35. The fraction of sp³-hybridized carbons (Fsp3) is 0.462. The number of likely N-dealkylation sites (tertiary alicyclic amines) is 1. The maximum Gasteiger partial charge on any atom is 0.407 e. The molecule has 1 saturated heterocycles. The van der Waals surface area contributed by atoms with Gasteiger partial charge < -0.3 is 14.7 Å². The molecule has 0 spiro atoms. The summed E-state index contributed by atoms with van der Waals surface area (Å²) in [6.45, 7) is 1.13. The van der Waals surface area contributed by atoms with Crippen LogP contribution in [-0.2, 0) is 0 Å². The summed E-state index contributed by atoms with van der Waals surface area (Å²) >= 11 is 6.01. The Hall–Kier alpha value is -1.42. The molecule has 18 heavy (non-hydrogen) atoms. The van der Waals surface area contributed by atoms with Gasteiger partial charge in [0.15, 0.2) is 0 Å². The molecule has 0 bridgehead atoms. The number of amides is 1. The predicted octanol–water partition coefficient (Wildman–Crippen LogP) is 3.21. The van der Waals surface area contributed by atoms with E-state index in [-0.39, 0.29) is 0 Å². The number of halogens is 1. The Morgan fingerprint density at radius 1 is 1.44 bits per heavy atom. The number of rotatable bonds is 2. The molecule has 0 aliphatic carbocycles. The van der Waals surface area contributed by atoms with Gasteiger partial charge in [-0.25, -0.2) is 4.79 Å². The van der Waals surface area contributed by atoms with Gasteiger partial charge >= 0.3 is 6.09 Å². The Kier molecular flexibility index (Phi) is 3.97. The van der Waals surface area contributed by atoms with Crippen LogP contribution in [-0.4, -0.2) is 36.3 Å². The van der Waals surface area contributed by atoms with E-state index >= 15 is 0 Å². The molecule has 0 radical (unpaired) electrons. The first-order chi connectivity index (χ1) is 8.61. The van der Waals surface area contributed by atoms with Gasteiger partial charge in [-0.15, -0.1) is 0 Å². The molecule has 0 unspecified atom stereocenters. The minimum atomic E-state index is -0.841. The highest BCUT2D eigenvalue weighted by Gasteiger charge is 2.25. The number of hydrogen-bond donors (Lipinski definition) is 1. The van der Waals surface area contributed by atoms with E-state index in [0.29, 0.717) is 24.0 Å². The molecule has 0 saturated carbocycles. The van der Waals surface area contributed by atoms with E-state index in [4.69, 9.17) is 21.4 Å². The van der Waals surface area contributed by atoms with Crippen molar-refractivity contribution in [3.8, 4) is 5.75 Å². The zero-order valence-electron chi connectivity index (χ0n) is 10.2. The van der Waals surface area contributed by atoms with Crippen LogP contribution in [0.15, 0.2) is 18.2 Å². The Labute approximate surface area is 111 Å². The van der Waals surface area contributed by atoms with Crippen LogP contribution in [0.4, 0.5) is 4.79 Å². The second kappa shape index (κ2) is 5.48. The first kappa shape index (κ1) is 13.0. The van der Waals surface area contributed by atoms with Crippen LogP contribution < -0.4 is 4.74 Å². The van der Waals surface area contributed by atoms with Crippen molar-refractivity contribution in [1.82, 2.24) is 4.90 Å². The van der Waals surface area contributed by atoms with Crippen LogP contribution >= 0.6 is 11.6 Å². The Morgan fingerprint density at radius 3 is 2.67 bits per heavy atom. The molecule has 1 aliphatic heterocycles. The van der Waals surface area contributed by atoms with Crippen molar-refractivity contribution in [2.75, 3.05) is 20.2 Å². The number of nitrogens with zero attached hydrogens (tertiary/aromatic N) is 1. The molecule has 4 nitrogen and oxygen atoms in total. The summed E-state index contributed by atoms with van der Waals surface area (Å²) in [7, 11) is 1.64. The molecular weight excluding hydrogens is 254 g/mol. The Balaban J connectivity index is 2.14. The minimum absolute atomic E-state index is 0.314. The zero-order chi connectivity index (χ0) is 13.1. The third-order valence-corrected chi connectivity index (χ3v) is 3.63. The molecule has 1 N–H and O–H groups in total. The van der Waals surface area contributed by atoms with E-state index in [1.807, 2.05) is 12.1 Å². The number of ether oxygens (including phenoxy) is 1. The fourth-order valence-electron chi connectivity index (χ4n) is 2.41. The van der Waals surface area contributed by atoms with Crippen LogP contribution in [0, 0.1) is 0 Å². The van der Waals surface area contributed by atoms with Crippen molar-refractivity contribution in [1.29, 1.82) is 0 Å². The first-order valence-corrected chi connectivity index (χ1v) is 6.31. The van der Waals surface area contributed by atoms with E-state index in [1.54, 1.807) is 13.2 Å². The number of benzene rings is 1. The Bertz CT molecular complexity index is 442. The van der Waals surface area contributed by atoms with Crippen molar-refractivity contribution < 1.29 is 14.6 Å². The second-order valence-corrected chi connectivity index (χ2v) is 4.87. The summed E-state index contributed by atoms with van der Waals surface area (Å²) in [6, 6.07) is 5.58. The summed E-state index contributed by atoms with van der Waals surface area (Å²) in [5.41, 5.74) is 1.08. The van der Waals surface area contributed by atoms with E-state index in [9.17, 15) is 4.79 Å². The summed E-state index contributed by atoms with van der Waals surface area (Å²) < 4.78 is 5.34. The van der Waals surface area contributed by atoms with Crippen LogP contribution in [0.5, 0.6) is 5.75 Å². The lowest BCUT2D eigenvalue weighted by Crippen LogP contribution is -2.36. The molecule has 1 aromatic carbocycles. The van der Waals surface area contributed by atoms with Crippen LogP contribution in [0.2, 0.25) is 5.02 Å². The van der Waals surface area contributed by atoms with Gasteiger partial charge in [0.25, 0.3) is 0 Å². The average molecular weight is 270 g/mol. The van der Waals surface area contributed by atoms with Gasteiger partial charge in [-0.1, -0.05) is 11.6 Å². The summed E-state index contributed by atoms with van der Waals surface area (Å²) in [5, 5.41) is 9.61. The lowest BCUT2D eigenvalue weighted by atomic mass is 9.89. The molecule has 0 atom stereocenters. The van der Waals surface area contributed by atoms with Gasteiger partial charge in [0, 0.05) is 18.1 Å². The van der Waals surface area contributed by atoms with Crippen molar-refractivity contribution >= 4 is 17.7 Å². The molecule has 1 aromatic rings. The third-order valence-electron chi connectivity index (χ3n) is 3.40. The maximum atomic E-state index is 10.9. The minimum Gasteiger partial charge on any atom is -0.496 e. The number of carboxylic acid groups (broad SMARTS) is 1. The van der Waals surface area contributed by atoms with Gasteiger partial charge in [0.05, 0.1) is 7.11 Å². The van der Waals surface area contributed by atoms with E-state index in [2.05, 4.69) is 0 Å². The van der Waals surface area contributed by atoms with E-state index < -0.39 is 6.09 Å². The van der Waals surface area contributed by atoms with Gasteiger partial charge in [-0.3, -0.25) is 0 Å². The molecular formula is C13H16ClNO3. The van der Waals surface area contributed by atoms with Crippen LogP contribution in [0.25, 0.3) is 0 Å². The lowest BCUT2D eigenvalue weighted by Gasteiger charge is -2.30. The smallest absolute Gasteiger partial charge is 0.407 e. The number of hydrogen-bond acceptors (Lipinski definition) is 2. The fourth-order valence-corrected chi connectivity index (χ4v) is 2.59. The van der Waals surface area contributed by atoms with Crippen molar-refractivity contribution in [2.45, 2.75) is 18.8 Å². The highest BCUT2D eigenvalue weighted by molar-refractivity contribution is 6.30. The molecule has 1 fully saturated rings. The quantitative estimate of drug-likeness (QED) is 0.897. The summed E-state index contributed by atoms with van der Waals surface area (Å²) in [6.07, 6.45) is 0.776. The largest absolute Gasteiger partial charge is 0.496 e. The highest BCUT2D eigenvalue weighted by atomic mass is 35.5. The predicted molar refractivity (Wildman–Crippen MR) is 69.6 cm³/mol. The van der Waals surface area contributed by atoms with Crippen molar-refractivity contribution in [3.63, 3.8) is 0 Å². The molecule has 98 valence electrons. The van der Waals surface area contributed by atoms with Gasteiger partial charge in [-0.2, -0.15) is 0 Å². The first-order valence-electron chi connectivity index (χ1n) is 5.93. The third kappa shape index (κ3) is 2.70. The Morgan fingerprint density at radius 2 is 2.11 bits per heavy atom. The molecule has 0 aromatic heterocycles. The summed E-state index contributed by atoms with van der Waals surface area (Å²) in [5.74, 6) is 1.14. The monoisotopic (exact) mass is 269 g/mol. The standard InChI is InChI=1S/C13H16ClNO3/c1-18-12-3-2-10(14)8-11(12)9-4-6-15(7-5-9)13(16)17/h2-3,8-9H,4-7H2,1H3,(H,16,17). The van der Waals surface area contributed by atoms with Crippen LogP contribution in [0.1, 0.15) is 24.3 Å². The SMILES string of the molecule is COc1ccc(Cl)cc1C1CCN(C(=O)O)CC1. The van der Waals surface area contributed by atoms with Crippen LogP contribution in [0.3, 0.4) is 0 Å². The molecule has 2 rings (SSSR count). The molecule has 1 heterocycles. The summed E-state index contributed by atoms with van der Waals surface area (Å²) in [4.78, 5) is 12.3. The zero-order valence-corrected chi connectivity index (χ0v) is 11.0. The maximum absolute atomic E-state index is 10.9. The second-order valence-electron chi connectivity index (χ2n) is 4.43. The van der Waals surface area contributed by atoms with Crippen molar-refractivity contribution in [3.05, 3.63) is 28.8 Å². The van der Waals surface area contributed by atoms with E-state index in [1.165, 1.54) is 4.90 Å². The van der Waals surface area contributed by atoms with E-state index in [0.717, 1.165) is 24.2 Å². The number of methoxy groups -OCH3 is 1. The van der Waals surface area contributed by atoms with Gasteiger partial charge in [0.1, 0.15) is 5.75 Å². The number of carbonyl (C=O) groups is 1. The molecule has 1 amide bonds. The van der Waals surface area contributed by atoms with Gasteiger partial charge in [0.2, 0.25) is 0 Å². The topological polar surface area (TPSA) is 49.8 Å².